The van der Waals surface area contributed by atoms with Gasteiger partial charge >= 0.3 is 6.18 Å². The fraction of sp³-hybridized carbons (Fsp3) is 0.444. The summed E-state index contributed by atoms with van der Waals surface area (Å²) in [6.07, 6.45) is -5.32. The Morgan fingerprint density at radius 3 is 2.56 bits per heavy atom. The molecule has 2 aromatic heterocycles. The lowest BCUT2D eigenvalue weighted by Crippen LogP contribution is -2.27. The third-order valence-electron chi connectivity index (χ3n) is 4.00. The van der Waals surface area contributed by atoms with Crippen LogP contribution in [-0.2, 0) is 17.9 Å². The van der Waals surface area contributed by atoms with Gasteiger partial charge in [-0.3, -0.25) is 0 Å². The van der Waals surface area contributed by atoms with E-state index in [0.29, 0.717) is 22.4 Å². The maximum absolute atomic E-state index is 12.3. The number of alkyl halides is 3. The second-order valence-corrected chi connectivity index (χ2v) is 7.06. The molecule has 3 aromatic rings. The molecule has 0 aliphatic heterocycles. The Morgan fingerprint density at radius 1 is 1.19 bits per heavy atom. The summed E-state index contributed by atoms with van der Waals surface area (Å²) in [5.41, 5.74) is 6.75. The molecule has 9 heteroatoms. The SMILES string of the molecule is CC(C)(O)Cn1c(COCCC(F)(F)F)nc2c(N)nc3ccccc3c21. The summed E-state index contributed by atoms with van der Waals surface area (Å²) in [7, 11) is 0. The highest BCUT2D eigenvalue weighted by atomic mass is 19.4. The van der Waals surface area contributed by atoms with E-state index >= 15 is 0 Å². The number of rotatable bonds is 6. The first-order chi connectivity index (χ1) is 12.6. The zero-order valence-corrected chi connectivity index (χ0v) is 15.0. The second-order valence-electron chi connectivity index (χ2n) is 7.06. The number of benzene rings is 1. The van der Waals surface area contributed by atoms with Crippen LogP contribution in [0.4, 0.5) is 19.0 Å². The first-order valence-corrected chi connectivity index (χ1v) is 8.45. The van der Waals surface area contributed by atoms with Gasteiger partial charge in [0.25, 0.3) is 0 Å². The molecular weight excluding hydrogens is 361 g/mol. The number of nitrogens with two attached hydrogens (primary N) is 1. The molecule has 146 valence electrons. The zero-order chi connectivity index (χ0) is 19.8. The first kappa shape index (κ1) is 19.4. The molecule has 0 aliphatic carbocycles. The Hall–Kier alpha value is -2.39. The van der Waals surface area contributed by atoms with Crippen molar-refractivity contribution in [2.24, 2.45) is 0 Å². The third-order valence-corrected chi connectivity index (χ3v) is 4.00. The summed E-state index contributed by atoms with van der Waals surface area (Å²) in [5, 5.41) is 11.1. The number of fused-ring (bicyclic) bond motifs is 3. The molecule has 0 spiro atoms. The minimum atomic E-state index is -4.28. The van der Waals surface area contributed by atoms with Crippen molar-refractivity contribution < 1.29 is 23.0 Å². The molecule has 0 atom stereocenters. The van der Waals surface area contributed by atoms with Gasteiger partial charge in [0.1, 0.15) is 17.9 Å². The maximum Gasteiger partial charge on any atom is 0.391 e. The summed E-state index contributed by atoms with van der Waals surface area (Å²) in [4.78, 5) is 8.77. The van der Waals surface area contributed by atoms with Crippen LogP contribution in [0, 0.1) is 0 Å². The monoisotopic (exact) mass is 382 g/mol. The highest BCUT2D eigenvalue weighted by Gasteiger charge is 2.27. The average molecular weight is 382 g/mol. The Kier molecular flexibility index (Phi) is 5.00. The summed E-state index contributed by atoms with van der Waals surface area (Å²) >= 11 is 0. The van der Waals surface area contributed by atoms with Gasteiger partial charge < -0.3 is 20.1 Å². The van der Waals surface area contributed by atoms with Gasteiger partial charge in [0.05, 0.1) is 36.2 Å². The number of halogens is 3. The number of nitrogens with zero attached hydrogens (tertiary/aromatic N) is 3. The standard InChI is InChI=1S/C18H21F3N4O2/c1-17(2,26)10-25-13(9-27-8-7-18(19,20)21)24-14-15(25)11-5-3-4-6-12(11)23-16(14)22/h3-6,26H,7-10H2,1-2H3,(H2,22,23). The highest BCUT2D eigenvalue weighted by Crippen LogP contribution is 2.30. The molecule has 0 unspecified atom stereocenters. The first-order valence-electron chi connectivity index (χ1n) is 8.45. The molecular formula is C18H21F3N4O2. The van der Waals surface area contributed by atoms with Crippen molar-refractivity contribution in [3.8, 4) is 0 Å². The van der Waals surface area contributed by atoms with E-state index in [4.69, 9.17) is 10.5 Å². The maximum atomic E-state index is 12.3. The topological polar surface area (TPSA) is 86.2 Å². The summed E-state index contributed by atoms with van der Waals surface area (Å²) in [5.74, 6) is 0.605. The van der Waals surface area contributed by atoms with Crippen LogP contribution in [0.3, 0.4) is 0 Å². The second kappa shape index (κ2) is 6.97. The van der Waals surface area contributed by atoms with Crippen molar-refractivity contribution in [1.29, 1.82) is 0 Å². The van der Waals surface area contributed by atoms with Crippen molar-refractivity contribution in [2.45, 2.75) is 45.2 Å². The summed E-state index contributed by atoms with van der Waals surface area (Å²) in [6.45, 7) is 2.85. The Morgan fingerprint density at radius 2 is 1.89 bits per heavy atom. The summed E-state index contributed by atoms with van der Waals surface area (Å²) < 4.78 is 43.9. The molecule has 0 saturated heterocycles. The van der Waals surface area contributed by atoms with Gasteiger partial charge in [-0.15, -0.1) is 0 Å². The van der Waals surface area contributed by atoms with Gasteiger partial charge in [-0.25, -0.2) is 9.97 Å². The highest BCUT2D eigenvalue weighted by molar-refractivity contribution is 6.06. The van der Waals surface area contributed by atoms with Gasteiger partial charge in [0.15, 0.2) is 5.82 Å². The van der Waals surface area contributed by atoms with Crippen molar-refractivity contribution in [3.63, 3.8) is 0 Å². The molecule has 0 fully saturated rings. The van der Waals surface area contributed by atoms with Crippen molar-refractivity contribution in [3.05, 3.63) is 30.1 Å². The van der Waals surface area contributed by atoms with Crippen molar-refractivity contribution >= 4 is 27.8 Å². The molecule has 27 heavy (non-hydrogen) atoms. The van der Waals surface area contributed by atoms with E-state index in [0.717, 1.165) is 5.39 Å². The number of anilines is 1. The van der Waals surface area contributed by atoms with Crippen LogP contribution in [0.5, 0.6) is 0 Å². The third kappa shape index (κ3) is 4.48. The van der Waals surface area contributed by atoms with Crippen LogP contribution in [0.1, 0.15) is 26.1 Å². The predicted octanol–water partition coefficient (Wildman–Crippen LogP) is 3.41. The Balaban J connectivity index is 2.05. The van der Waals surface area contributed by atoms with Crippen LogP contribution in [0.25, 0.3) is 21.9 Å². The van der Waals surface area contributed by atoms with E-state index in [1.54, 1.807) is 18.4 Å². The normalized spacial score (nSPS) is 13.0. The number of ether oxygens (including phenoxy) is 1. The minimum Gasteiger partial charge on any atom is -0.389 e. The van der Waals surface area contributed by atoms with Crippen LogP contribution < -0.4 is 5.73 Å². The van der Waals surface area contributed by atoms with E-state index in [9.17, 15) is 18.3 Å². The average Bonchev–Trinajstić information content (AvgIpc) is 2.88. The van der Waals surface area contributed by atoms with Crippen LogP contribution in [-0.4, -0.2) is 38.0 Å². The quantitative estimate of drug-likeness (QED) is 0.638. The van der Waals surface area contributed by atoms with Gasteiger partial charge in [0, 0.05) is 5.39 Å². The number of hydrogen-bond donors (Lipinski definition) is 2. The fourth-order valence-electron chi connectivity index (χ4n) is 2.92. The van der Waals surface area contributed by atoms with Crippen LogP contribution in [0.15, 0.2) is 24.3 Å². The lowest BCUT2D eigenvalue weighted by molar-refractivity contribution is -0.146. The summed E-state index contributed by atoms with van der Waals surface area (Å²) in [6, 6.07) is 7.35. The van der Waals surface area contributed by atoms with E-state index < -0.39 is 24.8 Å². The molecule has 2 heterocycles. The van der Waals surface area contributed by atoms with Crippen molar-refractivity contribution in [2.75, 3.05) is 12.3 Å². The smallest absolute Gasteiger partial charge is 0.389 e. The Bertz CT molecular complexity index is 961. The number of aromatic nitrogens is 3. The molecule has 0 bridgehead atoms. The number of imidazole rings is 1. The number of nitrogen functional groups attached to an aromatic ring is 1. The van der Waals surface area contributed by atoms with Gasteiger partial charge in [-0.05, 0) is 19.9 Å². The van der Waals surface area contributed by atoms with Gasteiger partial charge in [0.2, 0.25) is 0 Å². The van der Waals surface area contributed by atoms with E-state index in [2.05, 4.69) is 9.97 Å². The van der Waals surface area contributed by atoms with Gasteiger partial charge in [-0.2, -0.15) is 13.2 Å². The minimum absolute atomic E-state index is 0.130. The number of pyridine rings is 1. The lowest BCUT2D eigenvalue weighted by Gasteiger charge is -2.20. The van der Waals surface area contributed by atoms with Crippen LogP contribution >= 0.6 is 0 Å². The van der Waals surface area contributed by atoms with E-state index in [-0.39, 0.29) is 19.0 Å². The van der Waals surface area contributed by atoms with Crippen molar-refractivity contribution in [1.82, 2.24) is 14.5 Å². The predicted molar refractivity (Wildman–Crippen MR) is 96.1 cm³/mol. The van der Waals surface area contributed by atoms with Gasteiger partial charge in [-0.1, -0.05) is 18.2 Å². The molecule has 3 rings (SSSR count). The number of aliphatic hydroxyl groups is 1. The van der Waals surface area contributed by atoms with E-state index in [1.807, 2.05) is 24.3 Å². The number of para-hydroxylation sites is 1. The van der Waals surface area contributed by atoms with E-state index in [1.165, 1.54) is 0 Å². The molecule has 0 radical (unpaired) electrons. The molecule has 0 aliphatic rings. The zero-order valence-electron chi connectivity index (χ0n) is 15.0. The largest absolute Gasteiger partial charge is 0.391 e. The fourth-order valence-corrected chi connectivity index (χ4v) is 2.92. The molecule has 0 saturated carbocycles. The lowest BCUT2D eigenvalue weighted by atomic mass is 10.1. The number of hydrogen-bond acceptors (Lipinski definition) is 5. The molecule has 3 N–H and O–H groups in total. The Labute approximate surface area is 153 Å². The molecule has 0 amide bonds. The molecule has 6 nitrogen and oxygen atoms in total. The van der Waals surface area contributed by atoms with Crippen LogP contribution in [0.2, 0.25) is 0 Å². The molecule has 1 aromatic carbocycles.